The molecule has 1 aliphatic carbocycles. The zero-order valence-electron chi connectivity index (χ0n) is 8.25. The van der Waals surface area contributed by atoms with Gasteiger partial charge < -0.3 is 15.8 Å². The first-order valence-corrected chi connectivity index (χ1v) is 4.81. The lowest BCUT2D eigenvalue weighted by Gasteiger charge is -2.35. The summed E-state index contributed by atoms with van der Waals surface area (Å²) >= 11 is 0. The van der Waals surface area contributed by atoms with E-state index in [0.29, 0.717) is 6.10 Å². The molecule has 1 rings (SSSR count). The largest absolute Gasteiger partial charge is 0.378 e. The third-order valence-electron chi connectivity index (χ3n) is 2.26. The summed E-state index contributed by atoms with van der Waals surface area (Å²) in [5, 5.41) is 2.86. The Labute approximate surface area is 78.8 Å². The molecule has 1 aliphatic rings. The van der Waals surface area contributed by atoms with Gasteiger partial charge in [-0.25, -0.2) is 0 Å². The molecule has 0 spiro atoms. The Hall–Kier alpha value is -0.610. The number of nitrogens with two attached hydrogens (primary N) is 1. The van der Waals surface area contributed by atoms with Gasteiger partial charge in [0.25, 0.3) is 0 Å². The molecule has 4 nitrogen and oxygen atoms in total. The number of carbonyl (C=O) groups excluding carboxylic acids is 1. The highest BCUT2D eigenvalue weighted by molar-refractivity contribution is 5.81. The predicted molar refractivity (Wildman–Crippen MR) is 50.2 cm³/mol. The zero-order chi connectivity index (χ0) is 9.84. The Kier molecular flexibility index (Phi) is 3.69. The second kappa shape index (κ2) is 4.58. The third kappa shape index (κ3) is 2.97. The van der Waals surface area contributed by atoms with Crippen molar-refractivity contribution in [3.8, 4) is 0 Å². The van der Waals surface area contributed by atoms with Crippen molar-refractivity contribution in [2.45, 2.75) is 44.9 Å². The molecule has 13 heavy (non-hydrogen) atoms. The molecule has 0 saturated heterocycles. The Morgan fingerprint density at radius 1 is 1.69 bits per heavy atom. The molecular formula is C9H18N2O2. The van der Waals surface area contributed by atoms with Crippen LogP contribution in [-0.4, -0.2) is 30.7 Å². The van der Waals surface area contributed by atoms with Gasteiger partial charge in [0.15, 0.2) is 0 Å². The summed E-state index contributed by atoms with van der Waals surface area (Å²) in [6.45, 7) is 4.42. The van der Waals surface area contributed by atoms with Gasteiger partial charge in [0.05, 0.1) is 12.1 Å². The van der Waals surface area contributed by atoms with Crippen molar-refractivity contribution in [1.82, 2.24) is 5.32 Å². The van der Waals surface area contributed by atoms with Crippen LogP contribution in [0.1, 0.15) is 26.7 Å². The van der Waals surface area contributed by atoms with E-state index in [1.807, 2.05) is 6.92 Å². The fourth-order valence-corrected chi connectivity index (χ4v) is 1.39. The lowest BCUT2D eigenvalue weighted by atomic mass is 9.89. The molecule has 0 radical (unpaired) electrons. The number of carbonyl (C=O) groups is 1. The lowest BCUT2D eigenvalue weighted by molar-refractivity contribution is -0.124. The van der Waals surface area contributed by atoms with Crippen LogP contribution in [0.25, 0.3) is 0 Å². The lowest BCUT2D eigenvalue weighted by Crippen LogP contribution is -2.51. The molecule has 0 aromatic carbocycles. The van der Waals surface area contributed by atoms with E-state index in [1.54, 1.807) is 6.92 Å². The first-order chi connectivity index (χ1) is 6.13. The summed E-state index contributed by atoms with van der Waals surface area (Å²) in [5.41, 5.74) is 5.41. The number of hydrogen-bond acceptors (Lipinski definition) is 3. The quantitative estimate of drug-likeness (QED) is 0.650. The second-order valence-corrected chi connectivity index (χ2v) is 3.54. The van der Waals surface area contributed by atoms with Crippen LogP contribution >= 0.6 is 0 Å². The van der Waals surface area contributed by atoms with Gasteiger partial charge in [-0.05, 0) is 26.7 Å². The molecule has 0 bridgehead atoms. The van der Waals surface area contributed by atoms with Crippen LogP contribution in [-0.2, 0) is 9.53 Å². The van der Waals surface area contributed by atoms with Gasteiger partial charge in [-0.1, -0.05) is 0 Å². The van der Waals surface area contributed by atoms with Crippen LogP contribution in [0, 0.1) is 0 Å². The van der Waals surface area contributed by atoms with Gasteiger partial charge in [-0.3, -0.25) is 4.79 Å². The number of hydrogen-bond donors (Lipinski definition) is 2. The minimum absolute atomic E-state index is 0.0695. The summed E-state index contributed by atoms with van der Waals surface area (Å²) in [6, 6.07) is -0.138. The predicted octanol–water partition coefficient (Wildman–Crippen LogP) is 0.0173. The van der Waals surface area contributed by atoms with E-state index in [1.165, 1.54) is 0 Å². The normalized spacial score (nSPS) is 29.2. The fourth-order valence-electron chi connectivity index (χ4n) is 1.39. The topological polar surface area (TPSA) is 64.3 Å². The van der Waals surface area contributed by atoms with Gasteiger partial charge in [0, 0.05) is 12.6 Å². The number of rotatable bonds is 4. The monoisotopic (exact) mass is 186 g/mol. The van der Waals surface area contributed by atoms with Crippen molar-refractivity contribution in [2.75, 3.05) is 6.61 Å². The van der Waals surface area contributed by atoms with E-state index < -0.39 is 6.04 Å². The van der Waals surface area contributed by atoms with Crippen molar-refractivity contribution in [2.24, 2.45) is 5.73 Å². The van der Waals surface area contributed by atoms with Crippen molar-refractivity contribution in [1.29, 1.82) is 0 Å². The van der Waals surface area contributed by atoms with Gasteiger partial charge in [0.1, 0.15) is 0 Å². The molecule has 3 N–H and O–H groups in total. The minimum atomic E-state index is -0.411. The smallest absolute Gasteiger partial charge is 0.236 e. The summed E-state index contributed by atoms with van der Waals surface area (Å²) in [5.74, 6) is -0.0695. The number of ether oxygens (including phenoxy) is 1. The summed E-state index contributed by atoms with van der Waals surface area (Å²) in [6.07, 6.45) is 2.18. The van der Waals surface area contributed by atoms with Gasteiger partial charge >= 0.3 is 0 Å². The maximum atomic E-state index is 11.1. The zero-order valence-corrected chi connectivity index (χ0v) is 8.25. The molecule has 1 fully saturated rings. The first kappa shape index (κ1) is 10.5. The molecule has 76 valence electrons. The molecule has 0 aromatic heterocycles. The van der Waals surface area contributed by atoms with E-state index >= 15 is 0 Å². The maximum Gasteiger partial charge on any atom is 0.236 e. The molecule has 0 heterocycles. The van der Waals surface area contributed by atoms with Crippen LogP contribution in [0.3, 0.4) is 0 Å². The molecule has 1 saturated carbocycles. The van der Waals surface area contributed by atoms with Gasteiger partial charge in [-0.2, -0.15) is 0 Å². The van der Waals surface area contributed by atoms with Crippen molar-refractivity contribution in [3.05, 3.63) is 0 Å². The van der Waals surface area contributed by atoms with Crippen molar-refractivity contribution >= 4 is 5.91 Å². The molecule has 0 unspecified atom stereocenters. The Bertz CT molecular complexity index is 176. The minimum Gasteiger partial charge on any atom is -0.378 e. The third-order valence-corrected chi connectivity index (χ3v) is 2.26. The van der Waals surface area contributed by atoms with Crippen LogP contribution in [0.15, 0.2) is 0 Å². The SMILES string of the molecule is CCOC1CC(NC(=O)[C@@H](C)N)C1. The van der Waals surface area contributed by atoms with Crippen LogP contribution in [0.5, 0.6) is 0 Å². The highest BCUT2D eigenvalue weighted by Gasteiger charge is 2.30. The van der Waals surface area contributed by atoms with Gasteiger partial charge in [0.2, 0.25) is 5.91 Å². The molecule has 4 heteroatoms. The van der Waals surface area contributed by atoms with Crippen molar-refractivity contribution in [3.63, 3.8) is 0 Å². The van der Waals surface area contributed by atoms with E-state index in [-0.39, 0.29) is 11.9 Å². The Balaban J connectivity index is 2.11. The van der Waals surface area contributed by atoms with E-state index in [2.05, 4.69) is 5.32 Å². The fraction of sp³-hybridized carbons (Fsp3) is 0.889. The molecule has 1 atom stereocenters. The highest BCUT2D eigenvalue weighted by Crippen LogP contribution is 2.22. The molecule has 0 aromatic rings. The van der Waals surface area contributed by atoms with E-state index in [0.717, 1.165) is 19.4 Å². The highest BCUT2D eigenvalue weighted by atomic mass is 16.5. The molecular weight excluding hydrogens is 168 g/mol. The van der Waals surface area contributed by atoms with Crippen LogP contribution in [0.4, 0.5) is 0 Å². The first-order valence-electron chi connectivity index (χ1n) is 4.81. The number of amides is 1. The average molecular weight is 186 g/mol. The standard InChI is InChI=1S/C9H18N2O2/c1-3-13-8-4-7(5-8)11-9(12)6(2)10/h6-8H,3-5,10H2,1-2H3,(H,11,12)/t6-,7?,8?/m1/s1. The summed E-state index contributed by atoms with van der Waals surface area (Å²) < 4.78 is 5.37. The summed E-state index contributed by atoms with van der Waals surface area (Å²) in [4.78, 5) is 11.1. The summed E-state index contributed by atoms with van der Waals surface area (Å²) in [7, 11) is 0. The van der Waals surface area contributed by atoms with Crippen molar-refractivity contribution < 1.29 is 9.53 Å². The van der Waals surface area contributed by atoms with Gasteiger partial charge in [-0.15, -0.1) is 0 Å². The Morgan fingerprint density at radius 3 is 2.77 bits per heavy atom. The maximum absolute atomic E-state index is 11.1. The van der Waals surface area contributed by atoms with Crippen LogP contribution in [0.2, 0.25) is 0 Å². The van der Waals surface area contributed by atoms with E-state index in [4.69, 9.17) is 10.5 Å². The number of nitrogens with one attached hydrogen (secondary N) is 1. The van der Waals surface area contributed by atoms with Crippen LogP contribution < -0.4 is 11.1 Å². The Morgan fingerprint density at radius 2 is 2.31 bits per heavy atom. The second-order valence-electron chi connectivity index (χ2n) is 3.54. The average Bonchev–Trinajstić information content (AvgIpc) is 2.00. The molecule has 1 amide bonds. The molecule has 0 aliphatic heterocycles. The van der Waals surface area contributed by atoms with E-state index in [9.17, 15) is 4.79 Å².